The SMILES string of the molecule is CCc1csc(-c2c(CC)nn(-c3ccccc3C)c2Nc2ccc(Cl)cc2C(=O)O)n1. The lowest BCUT2D eigenvalue weighted by Gasteiger charge is -2.15. The van der Waals surface area contributed by atoms with Crippen LogP contribution in [0.2, 0.25) is 5.02 Å². The number of carboxylic acid groups (broad SMARTS) is 1. The van der Waals surface area contributed by atoms with E-state index in [1.807, 2.05) is 35.9 Å². The van der Waals surface area contributed by atoms with E-state index in [1.165, 1.54) is 6.07 Å². The van der Waals surface area contributed by atoms with E-state index in [1.54, 1.807) is 23.5 Å². The summed E-state index contributed by atoms with van der Waals surface area (Å²) in [5, 5.41) is 21.3. The molecule has 0 fully saturated rings. The van der Waals surface area contributed by atoms with Crippen LogP contribution in [0.3, 0.4) is 0 Å². The van der Waals surface area contributed by atoms with Crippen LogP contribution in [0.4, 0.5) is 11.5 Å². The van der Waals surface area contributed by atoms with Crippen LogP contribution in [-0.4, -0.2) is 25.8 Å². The molecule has 4 rings (SSSR count). The van der Waals surface area contributed by atoms with Gasteiger partial charge in [0, 0.05) is 10.4 Å². The van der Waals surface area contributed by atoms with Crippen LogP contribution in [0.15, 0.2) is 47.8 Å². The van der Waals surface area contributed by atoms with Gasteiger partial charge in [0.25, 0.3) is 0 Å². The third kappa shape index (κ3) is 4.13. The molecule has 0 saturated heterocycles. The number of benzene rings is 2. The highest BCUT2D eigenvalue weighted by molar-refractivity contribution is 7.13. The van der Waals surface area contributed by atoms with Crippen molar-refractivity contribution in [1.82, 2.24) is 14.8 Å². The van der Waals surface area contributed by atoms with E-state index in [9.17, 15) is 9.90 Å². The third-order valence-corrected chi connectivity index (χ3v) is 6.37. The number of hydrogen-bond acceptors (Lipinski definition) is 5. The van der Waals surface area contributed by atoms with Gasteiger partial charge < -0.3 is 10.4 Å². The Hall–Kier alpha value is -3.16. The van der Waals surface area contributed by atoms with Crippen molar-refractivity contribution in [2.75, 3.05) is 5.32 Å². The molecule has 32 heavy (non-hydrogen) atoms. The fourth-order valence-electron chi connectivity index (χ4n) is 3.54. The van der Waals surface area contributed by atoms with E-state index in [-0.39, 0.29) is 5.56 Å². The number of aryl methyl sites for hydroxylation is 3. The summed E-state index contributed by atoms with van der Waals surface area (Å²) >= 11 is 7.63. The molecule has 0 atom stereocenters. The number of carbonyl (C=O) groups is 1. The second-order valence-electron chi connectivity index (χ2n) is 7.34. The first kappa shape index (κ1) is 22.0. The fourth-order valence-corrected chi connectivity index (χ4v) is 4.68. The summed E-state index contributed by atoms with van der Waals surface area (Å²) in [5.41, 5.74) is 5.27. The Balaban J connectivity index is 1.98. The van der Waals surface area contributed by atoms with Gasteiger partial charge >= 0.3 is 5.97 Å². The van der Waals surface area contributed by atoms with Gasteiger partial charge in [-0.15, -0.1) is 11.3 Å². The highest BCUT2D eigenvalue weighted by atomic mass is 35.5. The Morgan fingerprint density at radius 1 is 1.19 bits per heavy atom. The molecular formula is C24H23ClN4O2S. The topological polar surface area (TPSA) is 80.0 Å². The summed E-state index contributed by atoms with van der Waals surface area (Å²) < 4.78 is 1.84. The molecule has 0 radical (unpaired) electrons. The summed E-state index contributed by atoms with van der Waals surface area (Å²) in [6.45, 7) is 6.15. The first-order valence-corrected chi connectivity index (χ1v) is 11.6. The molecule has 2 heterocycles. The monoisotopic (exact) mass is 466 g/mol. The molecule has 0 aliphatic heterocycles. The summed E-state index contributed by atoms with van der Waals surface area (Å²) in [5.74, 6) is -0.380. The van der Waals surface area contributed by atoms with Crippen molar-refractivity contribution in [2.45, 2.75) is 33.6 Å². The molecule has 8 heteroatoms. The van der Waals surface area contributed by atoms with E-state index in [4.69, 9.17) is 21.7 Å². The van der Waals surface area contributed by atoms with Crippen LogP contribution in [-0.2, 0) is 12.8 Å². The van der Waals surface area contributed by atoms with Crippen molar-refractivity contribution < 1.29 is 9.90 Å². The number of rotatable bonds is 7. The average Bonchev–Trinajstić information content (AvgIpc) is 3.39. The van der Waals surface area contributed by atoms with E-state index >= 15 is 0 Å². The van der Waals surface area contributed by atoms with Gasteiger partial charge in [-0.3, -0.25) is 0 Å². The van der Waals surface area contributed by atoms with Gasteiger partial charge in [-0.2, -0.15) is 5.10 Å². The lowest BCUT2D eigenvalue weighted by atomic mass is 10.1. The second-order valence-corrected chi connectivity index (χ2v) is 8.63. The number of aromatic carboxylic acids is 1. The van der Waals surface area contributed by atoms with Crippen molar-refractivity contribution in [3.05, 3.63) is 75.4 Å². The second kappa shape index (κ2) is 9.14. The normalized spacial score (nSPS) is 11.0. The Morgan fingerprint density at radius 2 is 1.97 bits per heavy atom. The number of carboxylic acids is 1. The maximum Gasteiger partial charge on any atom is 0.337 e. The zero-order valence-electron chi connectivity index (χ0n) is 18.0. The zero-order chi connectivity index (χ0) is 22.8. The molecule has 2 N–H and O–H groups in total. The molecule has 0 unspecified atom stereocenters. The van der Waals surface area contributed by atoms with Gasteiger partial charge in [0.2, 0.25) is 0 Å². The van der Waals surface area contributed by atoms with Gasteiger partial charge in [0.15, 0.2) is 0 Å². The first-order valence-electron chi connectivity index (χ1n) is 10.3. The van der Waals surface area contributed by atoms with Crippen molar-refractivity contribution >= 4 is 40.4 Å². The third-order valence-electron chi connectivity index (χ3n) is 5.23. The summed E-state index contributed by atoms with van der Waals surface area (Å²) in [6.07, 6.45) is 1.54. The molecule has 4 aromatic rings. The van der Waals surface area contributed by atoms with Crippen LogP contribution >= 0.6 is 22.9 Å². The number of hydrogen-bond donors (Lipinski definition) is 2. The Morgan fingerprint density at radius 3 is 2.62 bits per heavy atom. The van der Waals surface area contributed by atoms with Crippen LogP contribution < -0.4 is 5.32 Å². The predicted octanol–water partition coefficient (Wildman–Crippen LogP) is 6.52. The number of halogens is 1. The molecule has 164 valence electrons. The minimum absolute atomic E-state index is 0.0902. The van der Waals surface area contributed by atoms with Crippen LogP contribution in [0.25, 0.3) is 16.3 Å². The number of aromatic nitrogens is 3. The molecule has 0 aliphatic carbocycles. The van der Waals surface area contributed by atoms with Gasteiger partial charge in [0.05, 0.1) is 33.9 Å². The van der Waals surface area contributed by atoms with Crippen molar-refractivity contribution in [3.8, 4) is 16.3 Å². The molecule has 0 amide bonds. The van der Waals surface area contributed by atoms with Crippen LogP contribution in [0, 0.1) is 6.92 Å². The highest BCUT2D eigenvalue weighted by Crippen LogP contribution is 2.39. The Kier molecular flexibility index (Phi) is 6.30. The van der Waals surface area contributed by atoms with Crippen LogP contribution in [0.1, 0.15) is 41.2 Å². The van der Waals surface area contributed by atoms with Crippen molar-refractivity contribution in [2.24, 2.45) is 0 Å². The predicted molar refractivity (Wildman–Crippen MR) is 130 cm³/mol. The molecule has 0 bridgehead atoms. The summed E-state index contributed by atoms with van der Waals surface area (Å²) in [7, 11) is 0. The number of nitrogens with zero attached hydrogens (tertiary/aromatic N) is 3. The smallest absolute Gasteiger partial charge is 0.337 e. The summed E-state index contributed by atoms with van der Waals surface area (Å²) in [4.78, 5) is 16.7. The van der Waals surface area contributed by atoms with E-state index < -0.39 is 5.97 Å². The molecule has 2 aromatic carbocycles. The zero-order valence-corrected chi connectivity index (χ0v) is 19.6. The van der Waals surface area contributed by atoms with Gasteiger partial charge in [-0.25, -0.2) is 14.5 Å². The highest BCUT2D eigenvalue weighted by Gasteiger charge is 2.24. The lowest BCUT2D eigenvalue weighted by Crippen LogP contribution is -2.08. The molecule has 2 aromatic heterocycles. The lowest BCUT2D eigenvalue weighted by molar-refractivity contribution is 0.0698. The minimum Gasteiger partial charge on any atom is -0.478 e. The average molecular weight is 467 g/mol. The standard InChI is InChI=1S/C24H23ClN4O2S/c1-4-16-13-32-23(26-16)21-18(5-2)28-29(20-9-7-6-8-14(20)3)22(21)27-19-11-10-15(25)12-17(19)24(30)31/h6-13,27H,4-5H2,1-3H3,(H,30,31). The van der Waals surface area contributed by atoms with Gasteiger partial charge in [0.1, 0.15) is 10.8 Å². The van der Waals surface area contributed by atoms with Crippen molar-refractivity contribution in [1.29, 1.82) is 0 Å². The minimum atomic E-state index is -1.06. The van der Waals surface area contributed by atoms with Crippen molar-refractivity contribution in [3.63, 3.8) is 0 Å². The molecule has 0 spiro atoms. The number of anilines is 2. The number of thiazole rings is 1. The fraction of sp³-hybridized carbons (Fsp3) is 0.208. The number of nitrogens with one attached hydrogen (secondary N) is 1. The van der Waals surface area contributed by atoms with E-state index in [2.05, 4.69) is 24.5 Å². The first-order chi connectivity index (χ1) is 15.4. The van der Waals surface area contributed by atoms with Gasteiger partial charge in [-0.05, 0) is 49.6 Å². The van der Waals surface area contributed by atoms with Gasteiger partial charge in [-0.1, -0.05) is 43.6 Å². The summed E-state index contributed by atoms with van der Waals surface area (Å²) in [6, 6.07) is 12.8. The van der Waals surface area contributed by atoms with E-state index in [0.717, 1.165) is 39.6 Å². The Bertz CT molecular complexity index is 1300. The van der Waals surface area contributed by atoms with E-state index in [0.29, 0.717) is 22.9 Å². The molecular weight excluding hydrogens is 444 g/mol. The maximum atomic E-state index is 11.9. The maximum absolute atomic E-state index is 11.9. The molecule has 0 aliphatic rings. The number of para-hydroxylation sites is 1. The largest absolute Gasteiger partial charge is 0.478 e. The molecule has 6 nitrogen and oxygen atoms in total. The Labute approximate surface area is 195 Å². The van der Waals surface area contributed by atoms with Crippen LogP contribution in [0.5, 0.6) is 0 Å². The quantitative estimate of drug-likeness (QED) is 0.324. The molecule has 0 saturated carbocycles.